The summed E-state index contributed by atoms with van der Waals surface area (Å²) >= 11 is 0. The number of piperidine rings is 2. The summed E-state index contributed by atoms with van der Waals surface area (Å²) in [4.78, 5) is 29.8. The molecule has 170 valence electrons. The highest BCUT2D eigenvalue weighted by molar-refractivity contribution is 5.82. The molecule has 2 fully saturated rings. The zero-order valence-corrected chi connectivity index (χ0v) is 18.5. The maximum atomic E-state index is 13.1. The third kappa shape index (κ3) is 6.16. The Bertz CT molecular complexity index is 895. The Morgan fingerprint density at radius 2 is 1.62 bits per heavy atom. The first-order valence-electron chi connectivity index (χ1n) is 11.7. The predicted octanol–water partition coefficient (Wildman–Crippen LogP) is 3.39. The van der Waals surface area contributed by atoms with Crippen LogP contribution in [0.4, 0.5) is 4.39 Å². The van der Waals surface area contributed by atoms with Gasteiger partial charge in [0.1, 0.15) is 5.82 Å². The van der Waals surface area contributed by atoms with Gasteiger partial charge in [-0.2, -0.15) is 0 Å². The Hall–Kier alpha value is -2.73. The molecule has 1 unspecified atom stereocenters. The van der Waals surface area contributed by atoms with Gasteiger partial charge in [-0.3, -0.25) is 14.5 Å². The Morgan fingerprint density at radius 1 is 0.906 bits per heavy atom. The number of likely N-dealkylation sites (tertiary alicyclic amines) is 2. The van der Waals surface area contributed by atoms with Crippen LogP contribution < -0.4 is 5.32 Å². The van der Waals surface area contributed by atoms with E-state index in [0.29, 0.717) is 13.0 Å². The van der Waals surface area contributed by atoms with Gasteiger partial charge in [0.05, 0.1) is 12.3 Å². The van der Waals surface area contributed by atoms with E-state index in [1.54, 1.807) is 0 Å². The molecule has 2 aromatic rings. The number of amides is 2. The van der Waals surface area contributed by atoms with Gasteiger partial charge in [-0.05, 0) is 48.9 Å². The fourth-order valence-corrected chi connectivity index (χ4v) is 4.70. The van der Waals surface area contributed by atoms with Crippen LogP contribution in [-0.2, 0) is 22.6 Å². The molecule has 2 aliphatic heterocycles. The average Bonchev–Trinajstić information content (AvgIpc) is 2.82. The topological polar surface area (TPSA) is 52.7 Å². The minimum Gasteiger partial charge on any atom is -0.353 e. The van der Waals surface area contributed by atoms with Gasteiger partial charge in [-0.1, -0.05) is 42.5 Å². The Morgan fingerprint density at radius 3 is 2.34 bits per heavy atom. The zero-order valence-electron chi connectivity index (χ0n) is 18.5. The summed E-state index contributed by atoms with van der Waals surface area (Å²) in [7, 11) is 0. The van der Waals surface area contributed by atoms with Crippen LogP contribution in [0.1, 0.15) is 36.8 Å². The van der Waals surface area contributed by atoms with Crippen molar-refractivity contribution in [3.8, 4) is 0 Å². The predicted molar refractivity (Wildman–Crippen MR) is 122 cm³/mol. The number of halogens is 1. The van der Waals surface area contributed by atoms with Gasteiger partial charge in [0.25, 0.3) is 0 Å². The Kier molecular flexibility index (Phi) is 7.53. The standard InChI is InChI=1S/C26H32FN3O2/c27-23-10-8-21(9-11-23)18-29-15-12-24(13-16-29)28-26(32)22-7-4-14-30(19-22)25(31)17-20-5-2-1-3-6-20/h1-3,5-6,8-11,22,24H,4,7,12-19H2,(H,28,32). The van der Waals surface area contributed by atoms with E-state index in [9.17, 15) is 14.0 Å². The van der Waals surface area contributed by atoms with Crippen molar-refractivity contribution >= 4 is 11.8 Å². The van der Waals surface area contributed by atoms with Crippen LogP contribution in [0.5, 0.6) is 0 Å². The molecule has 0 aliphatic carbocycles. The smallest absolute Gasteiger partial charge is 0.227 e. The lowest BCUT2D eigenvalue weighted by Crippen LogP contribution is -2.50. The van der Waals surface area contributed by atoms with Crippen molar-refractivity contribution in [2.45, 2.75) is 44.7 Å². The zero-order chi connectivity index (χ0) is 22.3. The molecule has 1 atom stereocenters. The lowest BCUT2D eigenvalue weighted by atomic mass is 9.95. The fraction of sp³-hybridized carbons (Fsp3) is 0.462. The van der Waals surface area contributed by atoms with Crippen molar-refractivity contribution in [2.24, 2.45) is 5.92 Å². The van der Waals surface area contributed by atoms with Crippen LogP contribution in [0.2, 0.25) is 0 Å². The third-order valence-electron chi connectivity index (χ3n) is 6.60. The van der Waals surface area contributed by atoms with Crippen molar-refractivity contribution in [3.05, 3.63) is 71.5 Å². The number of hydrogen-bond acceptors (Lipinski definition) is 3. The van der Waals surface area contributed by atoms with Crippen LogP contribution in [-0.4, -0.2) is 53.8 Å². The summed E-state index contributed by atoms with van der Waals surface area (Å²) in [6.45, 7) is 3.88. The molecule has 0 saturated carbocycles. The van der Waals surface area contributed by atoms with Gasteiger partial charge in [-0.15, -0.1) is 0 Å². The number of hydrogen-bond donors (Lipinski definition) is 1. The van der Waals surface area contributed by atoms with E-state index in [4.69, 9.17) is 0 Å². The molecule has 32 heavy (non-hydrogen) atoms. The fourth-order valence-electron chi connectivity index (χ4n) is 4.70. The molecule has 2 heterocycles. The SMILES string of the molecule is O=C(NC1CCN(Cc2ccc(F)cc2)CC1)C1CCCN(C(=O)Cc2ccccc2)C1. The van der Waals surface area contributed by atoms with Crippen LogP contribution in [0.15, 0.2) is 54.6 Å². The van der Waals surface area contributed by atoms with Gasteiger partial charge < -0.3 is 10.2 Å². The molecule has 2 aromatic carbocycles. The van der Waals surface area contributed by atoms with Crippen molar-refractivity contribution in [2.75, 3.05) is 26.2 Å². The van der Waals surface area contributed by atoms with Crippen LogP contribution >= 0.6 is 0 Å². The van der Waals surface area contributed by atoms with E-state index >= 15 is 0 Å². The van der Waals surface area contributed by atoms with Crippen LogP contribution in [0.25, 0.3) is 0 Å². The van der Waals surface area contributed by atoms with Gasteiger partial charge in [-0.25, -0.2) is 4.39 Å². The van der Waals surface area contributed by atoms with Gasteiger partial charge >= 0.3 is 0 Å². The molecular formula is C26H32FN3O2. The minimum absolute atomic E-state index is 0.0826. The highest BCUT2D eigenvalue weighted by Crippen LogP contribution is 2.20. The minimum atomic E-state index is -0.210. The molecule has 2 aliphatic rings. The lowest BCUT2D eigenvalue weighted by Gasteiger charge is -2.35. The normalized spacial score (nSPS) is 20.2. The Labute approximate surface area is 189 Å². The second-order valence-corrected chi connectivity index (χ2v) is 9.03. The summed E-state index contributed by atoms with van der Waals surface area (Å²) in [5.74, 6) is -0.152. The molecular weight excluding hydrogens is 405 g/mol. The molecule has 0 spiro atoms. The Balaban J connectivity index is 1.21. The van der Waals surface area contributed by atoms with Crippen molar-refractivity contribution < 1.29 is 14.0 Å². The van der Waals surface area contributed by atoms with Crippen LogP contribution in [0, 0.1) is 11.7 Å². The molecule has 4 rings (SSSR count). The van der Waals surface area contributed by atoms with E-state index in [-0.39, 0.29) is 29.6 Å². The largest absolute Gasteiger partial charge is 0.353 e. The second kappa shape index (κ2) is 10.7. The number of nitrogens with zero attached hydrogens (tertiary/aromatic N) is 2. The first-order chi connectivity index (χ1) is 15.6. The summed E-state index contributed by atoms with van der Waals surface area (Å²) in [5.41, 5.74) is 2.12. The van der Waals surface area contributed by atoms with Crippen molar-refractivity contribution in [1.82, 2.24) is 15.1 Å². The first kappa shape index (κ1) is 22.5. The summed E-state index contributed by atoms with van der Waals surface area (Å²) in [5, 5.41) is 3.24. The van der Waals surface area contributed by atoms with E-state index in [1.807, 2.05) is 47.4 Å². The van der Waals surface area contributed by atoms with E-state index in [2.05, 4.69) is 10.2 Å². The maximum Gasteiger partial charge on any atom is 0.227 e. The van der Waals surface area contributed by atoms with Crippen molar-refractivity contribution in [1.29, 1.82) is 0 Å². The number of carbonyl (C=O) groups is 2. The summed E-state index contributed by atoms with van der Waals surface area (Å²) in [6, 6.07) is 16.6. The molecule has 6 heteroatoms. The van der Waals surface area contributed by atoms with Gasteiger partial charge in [0.15, 0.2) is 0 Å². The van der Waals surface area contributed by atoms with Crippen LogP contribution in [0.3, 0.4) is 0 Å². The van der Waals surface area contributed by atoms with Gasteiger partial charge in [0.2, 0.25) is 11.8 Å². The molecule has 0 aromatic heterocycles. The molecule has 1 N–H and O–H groups in total. The molecule has 2 saturated heterocycles. The quantitative estimate of drug-likeness (QED) is 0.754. The average molecular weight is 438 g/mol. The monoisotopic (exact) mass is 437 g/mol. The number of rotatable bonds is 6. The maximum absolute atomic E-state index is 13.1. The van der Waals surface area contributed by atoms with E-state index < -0.39 is 0 Å². The molecule has 2 amide bonds. The van der Waals surface area contributed by atoms with Crippen molar-refractivity contribution in [3.63, 3.8) is 0 Å². The summed E-state index contributed by atoms with van der Waals surface area (Å²) in [6.07, 6.45) is 3.92. The highest BCUT2D eigenvalue weighted by Gasteiger charge is 2.30. The summed E-state index contributed by atoms with van der Waals surface area (Å²) < 4.78 is 13.1. The number of carbonyl (C=O) groups excluding carboxylic acids is 2. The van der Waals surface area contributed by atoms with E-state index in [0.717, 1.165) is 63.0 Å². The van der Waals surface area contributed by atoms with E-state index in [1.165, 1.54) is 12.1 Å². The molecule has 0 bridgehead atoms. The number of benzene rings is 2. The molecule has 5 nitrogen and oxygen atoms in total. The van der Waals surface area contributed by atoms with Gasteiger partial charge in [0, 0.05) is 38.8 Å². The third-order valence-corrected chi connectivity index (χ3v) is 6.60. The highest BCUT2D eigenvalue weighted by atomic mass is 19.1. The number of nitrogens with one attached hydrogen (secondary N) is 1. The lowest BCUT2D eigenvalue weighted by molar-refractivity contribution is -0.135. The second-order valence-electron chi connectivity index (χ2n) is 9.03. The first-order valence-corrected chi connectivity index (χ1v) is 11.7. The molecule has 0 radical (unpaired) electrons.